The maximum atomic E-state index is 12.2. The lowest BCUT2D eigenvalue weighted by molar-refractivity contribution is -0.136. The summed E-state index contributed by atoms with van der Waals surface area (Å²) in [7, 11) is 1.45. The quantitative estimate of drug-likeness (QED) is 0.160. The lowest BCUT2D eigenvalue weighted by atomic mass is 10.0. The van der Waals surface area contributed by atoms with E-state index in [4.69, 9.17) is 49.0 Å². The first kappa shape index (κ1) is 23.5. The standard InChI is InChI=1S/C24H16Cl3NO4/c1-30-23-11-15(10-17(13-28)16-3-5-18(25)6-4-16)2-9-21(23)32-24(29)14-31-22-12-19(26)7-8-20(22)27/h2-12H,14H2,1H3/b17-10+. The van der Waals surface area contributed by atoms with Crippen molar-refractivity contribution in [3.05, 3.63) is 86.9 Å². The number of nitrogens with zero attached hydrogens (tertiary/aromatic N) is 1. The van der Waals surface area contributed by atoms with Gasteiger partial charge in [0.05, 0.1) is 23.8 Å². The van der Waals surface area contributed by atoms with Crippen molar-refractivity contribution in [1.29, 1.82) is 5.26 Å². The number of hydrogen-bond acceptors (Lipinski definition) is 5. The highest BCUT2D eigenvalue weighted by Gasteiger charge is 2.13. The third kappa shape index (κ3) is 6.18. The molecule has 0 aliphatic rings. The SMILES string of the molecule is COc1cc(/C=C(\C#N)c2ccc(Cl)cc2)ccc1OC(=O)COc1cc(Cl)ccc1Cl. The fourth-order valence-electron chi connectivity index (χ4n) is 2.71. The van der Waals surface area contributed by atoms with Gasteiger partial charge in [-0.25, -0.2) is 4.79 Å². The Balaban J connectivity index is 1.73. The van der Waals surface area contributed by atoms with Crippen LogP contribution in [0.5, 0.6) is 17.2 Å². The Morgan fingerprint density at radius 2 is 1.66 bits per heavy atom. The van der Waals surface area contributed by atoms with Gasteiger partial charge < -0.3 is 14.2 Å². The molecule has 0 fully saturated rings. The third-order valence-corrected chi connectivity index (χ3v) is 5.04. The molecule has 0 spiro atoms. The van der Waals surface area contributed by atoms with Gasteiger partial charge in [0.15, 0.2) is 18.1 Å². The molecule has 0 aliphatic heterocycles. The van der Waals surface area contributed by atoms with Gasteiger partial charge in [0.1, 0.15) is 5.75 Å². The average molecular weight is 489 g/mol. The van der Waals surface area contributed by atoms with Crippen LogP contribution in [0.2, 0.25) is 15.1 Å². The molecule has 0 saturated carbocycles. The second-order valence-corrected chi connectivity index (χ2v) is 7.70. The second kappa shape index (κ2) is 10.9. The van der Waals surface area contributed by atoms with E-state index < -0.39 is 5.97 Å². The molecule has 162 valence electrons. The van der Waals surface area contributed by atoms with Gasteiger partial charge in [0, 0.05) is 16.1 Å². The molecule has 3 rings (SSSR count). The van der Waals surface area contributed by atoms with Crippen molar-refractivity contribution in [2.24, 2.45) is 0 Å². The molecule has 0 unspecified atom stereocenters. The number of ether oxygens (including phenoxy) is 3. The van der Waals surface area contributed by atoms with Crippen LogP contribution >= 0.6 is 34.8 Å². The summed E-state index contributed by atoms with van der Waals surface area (Å²) in [5.74, 6) is 0.151. The van der Waals surface area contributed by atoms with Crippen molar-refractivity contribution < 1.29 is 19.0 Å². The van der Waals surface area contributed by atoms with E-state index in [0.29, 0.717) is 32.0 Å². The zero-order valence-electron chi connectivity index (χ0n) is 16.8. The zero-order valence-corrected chi connectivity index (χ0v) is 19.0. The van der Waals surface area contributed by atoms with E-state index in [0.717, 1.165) is 5.56 Å². The molecular weight excluding hydrogens is 473 g/mol. The first-order chi connectivity index (χ1) is 15.4. The summed E-state index contributed by atoms with van der Waals surface area (Å²) in [6, 6.07) is 18.7. The van der Waals surface area contributed by atoms with Crippen LogP contribution in [0.25, 0.3) is 11.6 Å². The normalized spacial score (nSPS) is 10.9. The Kier molecular flexibility index (Phi) is 8.02. The lowest BCUT2D eigenvalue weighted by Gasteiger charge is -2.11. The highest BCUT2D eigenvalue weighted by atomic mass is 35.5. The first-order valence-electron chi connectivity index (χ1n) is 9.24. The van der Waals surface area contributed by atoms with Gasteiger partial charge in [0.25, 0.3) is 0 Å². The van der Waals surface area contributed by atoms with Gasteiger partial charge in [0.2, 0.25) is 0 Å². The molecule has 5 nitrogen and oxygen atoms in total. The number of allylic oxidation sites excluding steroid dienone is 1. The molecule has 0 aliphatic carbocycles. The minimum atomic E-state index is -0.651. The van der Waals surface area contributed by atoms with Gasteiger partial charge in [-0.15, -0.1) is 0 Å². The molecule has 0 bridgehead atoms. The number of hydrogen-bond donors (Lipinski definition) is 0. The van der Waals surface area contributed by atoms with Crippen molar-refractivity contribution in [2.45, 2.75) is 0 Å². The Morgan fingerprint density at radius 3 is 2.34 bits per heavy atom. The highest BCUT2D eigenvalue weighted by molar-refractivity contribution is 6.34. The van der Waals surface area contributed by atoms with Crippen LogP contribution in [-0.2, 0) is 4.79 Å². The second-order valence-electron chi connectivity index (χ2n) is 6.42. The van der Waals surface area contributed by atoms with E-state index in [9.17, 15) is 10.1 Å². The van der Waals surface area contributed by atoms with Crippen LogP contribution in [0.15, 0.2) is 60.7 Å². The number of benzene rings is 3. The van der Waals surface area contributed by atoms with E-state index in [1.54, 1.807) is 60.7 Å². The number of esters is 1. The molecule has 0 atom stereocenters. The van der Waals surface area contributed by atoms with Crippen LogP contribution in [0.4, 0.5) is 0 Å². The summed E-state index contributed by atoms with van der Waals surface area (Å²) < 4.78 is 16.1. The fourth-order valence-corrected chi connectivity index (χ4v) is 3.17. The van der Waals surface area contributed by atoms with Crippen LogP contribution in [-0.4, -0.2) is 19.7 Å². The number of carbonyl (C=O) groups is 1. The van der Waals surface area contributed by atoms with E-state index in [2.05, 4.69) is 6.07 Å². The van der Waals surface area contributed by atoms with Gasteiger partial charge in [-0.3, -0.25) is 0 Å². The Morgan fingerprint density at radius 1 is 0.938 bits per heavy atom. The summed E-state index contributed by atoms with van der Waals surface area (Å²) >= 11 is 17.8. The first-order valence-corrected chi connectivity index (χ1v) is 10.4. The number of carbonyl (C=O) groups excluding carboxylic acids is 1. The molecule has 0 saturated heterocycles. The lowest BCUT2D eigenvalue weighted by Crippen LogP contribution is -2.18. The number of rotatable bonds is 7. The molecule has 3 aromatic carbocycles. The summed E-state index contributed by atoms with van der Waals surface area (Å²) in [5, 5.41) is 10.9. The van der Waals surface area contributed by atoms with Crippen LogP contribution in [0.3, 0.4) is 0 Å². The zero-order chi connectivity index (χ0) is 23.1. The molecular formula is C24H16Cl3NO4. The minimum absolute atomic E-state index is 0.209. The third-order valence-electron chi connectivity index (χ3n) is 4.24. The highest BCUT2D eigenvalue weighted by Crippen LogP contribution is 2.31. The number of halogens is 3. The predicted octanol–water partition coefficient (Wildman–Crippen LogP) is 6.70. The molecule has 0 aromatic heterocycles. The van der Waals surface area contributed by atoms with Gasteiger partial charge in [-0.2, -0.15) is 5.26 Å². The molecule has 8 heteroatoms. The van der Waals surface area contributed by atoms with E-state index in [-0.39, 0.29) is 18.1 Å². The van der Waals surface area contributed by atoms with Crippen LogP contribution < -0.4 is 14.2 Å². The topological polar surface area (TPSA) is 68.5 Å². The fraction of sp³-hybridized carbons (Fsp3) is 0.0833. The van der Waals surface area contributed by atoms with Crippen LogP contribution in [0.1, 0.15) is 11.1 Å². The summed E-state index contributed by atoms with van der Waals surface area (Å²) in [6.07, 6.45) is 1.70. The Hall–Kier alpha value is -3.17. The van der Waals surface area contributed by atoms with Gasteiger partial charge in [-0.05, 0) is 53.6 Å². The van der Waals surface area contributed by atoms with E-state index in [1.165, 1.54) is 13.2 Å². The monoisotopic (exact) mass is 487 g/mol. The summed E-state index contributed by atoms with van der Waals surface area (Å²) in [5.41, 5.74) is 1.86. The molecule has 0 radical (unpaired) electrons. The van der Waals surface area contributed by atoms with Gasteiger partial charge >= 0.3 is 5.97 Å². The number of methoxy groups -OCH3 is 1. The van der Waals surface area contributed by atoms with Crippen molar-refractivity contribution in [1.82, 2.24) is 0 Å². The Labute approximate surface area is 200 Å². The van der Waals surface area contributed by atoms with Crippen molar-refractivity contribution in [2.75, 3.05) is 13.7 Å². The Bertz CT molecular complexity index is 1200. The summed E-state index contributed by atoms with van der Waals surface area (Å²) in [6.45, 7) is -0.375. The van der Waals surface area contributed by atoms with E-state index in [1.807, 2.05) is 0 Å². The molecule has 0 heterocycles. The number of nitriles is 1. The molecule has 3 aromatic rings. The van der Waals surface area contributed by atoms with E-state index >= 15 is 0 Å². The van der Waals surface area contributed by atoms with Crippen molar-refractivity contribution in [3.63, 3.8) is 0 Å². The van der Waals surface area contributed by atoms with Crippen molar-refractivity contribution >= 4 is 52.4 Å². The van der Waals surface area contributed by atoms with Gasteiger partial charge in [-0.1, -0.05) is 53.0 Å². The average Bonchev–Trinajstić information content (AvgIpc) is 2.79. The molecule has 0 N–H and O–H groups in total. The smallest absolute Gasteiger partial charge is 0.349 e. The summed E-state index contributed by atoms with van der Waals surface area (Å²) in [4.78, 5) is 12.2. The maximum Gasteiger partial charge on any atom is 0.349 e. The maximum absolute atomic E-state index is 12.2. The molecule has 32 heavy (non-hydrogen) atoms. The van der Waals surface area contributed by atoms with Crippen LogP contribution in [0, 0.1) is 11.3 Å². The minimum Gasteiger partial charge on any atom is -0.493 e. The molecule has 0 amide bonds. The largest absolute Gasteiger partial charge is 0.493 e. The predicted molar refractivity (Wildman–Crippen MR) is 126 cm³/mol. The van der Waals surface area contributed by atoms with Crippen molar-refractivity contribution in [3.8, 4) is 23.3 Å².